The zero-order valence-corrected chi connectivity index (χ0v) is 10.8. The Bertz CT molecular complexity index is 648. The van der Waals surface area contributed by atoms with Gasteiger partial charge in [-0.15, -0.1) is 0 Å². The summed E-state index contributed by atoms with van der Waals surface area (Å²) in [5, 5.41) is 3.61. The molecule has 0 aliphatic carbocycles. The molecule has 8 heteroatoms. The van der Waals surface area contributed by atoms with Crippen molar-refractivity contribution in [1.82, 2.24) is 9.78 Å². The molecule has 0 amide bonds. The first kappa shape index (κ1) is 14.4. The number of thiocarbonyl (C=S) groups is 1. The monoisotopic (exact) mass is 303 g/mol. The van der Waals surface area contributed by atoms with Gasteiger partial charge in [-0.3, -0.25) is 4.68 Å². The van der Waals surface area contributed by atoms with Crippen molar-refractivity contribution >= 4 is 17.2 Å². The average molecular weight is 303 g/mol. The summed E-state index contributed by atoms with van der Waals surface area (Å²) in [5.41, 5.74) is 5.12. The fraction of sp³-hybridized carbons (Fsp3) is 0.167. The maximum absolute atomic E-state index is 13.4. The van der Waals surface area contributed by atoms with E-state index in [1.165, 1.54) is 12.1 Å². The third-order valence-electron chi connectivity index (χ3n) is 2.60. The standard InChI is InChI=1S/C12H9F4N3S/c13-10-2-1-7(3-9(10)11(17)20)5-19-6-8(4-18-19)12(14,15)16/h1-4,6H,5H2,(H2,17,20). The second kappa shape index (κ2) is 5.20. The molecule has 0 atom stereocenters. The summed E-state index contributed by atoms with van der Waals surface area (Å²) < 4.78 is 51.8. The highest BCUT2D eigenvalue weighted by atomic mass is 32.1. The maximum atomic E-state index is 13.4. The van der Waals surface area contributed by atoms with Crippen LogP contribution in [0.2, 0.25) is 0 Å². The van der Waals surface area contributed by atoms with Gasteiger partial charge in [0.2, 0.25) is 0 Å². The number of alkyl halides is 3. The molecule has 1 heterocycles. The lowest BCUT2D eigenvalue weighted by atomic mass is 10.1. The number of hydrogen-bond donors (Lipinski definition) is 1. The van der Waals surface area contributed by atoms with Crippen LogP contribution >= 0.6 is 12.2 Å². The van der Waals surface area contributed by atoms with Crippen LogP contribution in [0.1, 0.15) is 16.7 Å². The highest BCUT2D eigenvalue weighted by Gasteiger charge is 2.32. The summed E-state index contributed by atoms with van der Waals surface area (Å²) in [6, 6.07) is 4.00. The Morgan fingerprint density at radius 2 is 2.05 bits per heavy atom. The molecule has 0 saturated heterocycles. The van der Waals surface area contributed by atoms with Gasteiger partial charge in [0.05, 0.1) is 18.3 Å². The summed E-state index contributed by atoms with van der Waals surface area (Å²) in [4.78, 5) is -0.110. The average Bonchev–Trinajstić information content (AvgIpc) is 2.79. The van der Waals surface area contributed by atoms with Crippen LogP contribution in [0.4, 0.5) is 17.6 Å². The summed E-state index contributed by atoms with van der Waals surface area (Å²) in [6.45, 7) is 0.0615. The van der Waals surface area contributed by atoms with E-state index in [-0.39, 0.29) is 17.1 Å². The van der Waals surface area contributed by atoms with Crippen molar-refractivity contribution in [2.75, 3.05) is 0 Å². The Morgan fingerprint density at radius 1 is 1.35 bits per heavy atom. The largest absolute Gasteiger partial charge is 0.419 e. The zero-order valence-electron chi connectivity index (χ0n) is 9.99. The Morgan fingerprint density at radius 3 is 2.60 bits per heavy atom. The molecule has 0 unspecified atom stereocenters. The quantitative estimate of drug-likeness (QED) is 0.700. The topological polar surface area (TPSA) is 43.8 Å². The summed E-state index contributed by atoms with van der Waals surface area (Å²) in [6.07, 6.45) is -2.83. The summed E-state index contributed by atoms with van der Waals surface area (Å²) in [7, 11) is 0. The van der Waals surface area contributed by atoms with Gasteiger partial charge in [0.15, 0.2) is 0 Å². The molecule has 0 aliphatic rings. The van der Waals surface area contributed by atoms with E-state index in [0.717, 1.165) is 23.1 Å². The Balaban J connectivity index is 2.24. The van der Waals surface area contributed by atoms with E-state index in [4.69, 9.17) is 18.0 Å². The first-order valence-corrected chi connectivity index (χ1v) is 5.86. The molecule has 2 N–H and O–H groups in total. The lowest BCUT2D eigenvalue weighted by Gasteiger charge is -2.06. The highest BCUT2D eigenvalue weighted by molar-refractivity contribution is 7.80. The van der Waals surface area contributed by atoms with Crippen LogP contribution in [0, 0.1) is 5.82 Å². The van der Waals surface area contributed by atoms with E-state index in [9.17, 15) is 17.6 Å². The lowest BCUT2D eigenvalue weighted by Crippen LogP contribution is -2.12. The van der Waals surface area contributed by atoms with E-state index < -0.39 is 17.6 Å². The number of nitrogens with zero attached hydrogens (tertiary/aromatic N) is 2. The van der Waals surface area contributed by atoms with Crippen LogP contribution in [0.3, 0.4) is 0 Å². The summed E-state index contributed by atoms with van der Waals surface area (Å²) in [5.74, 6) is -0.572. The van der Waals surface area contributed by atoms with Crippen molar-refractivity contribution < 1.29 is 17.6 Å². The summed E-state index contributed by atoms with van der Waals surface area (Å²) >= 11 is 4.69. The predicted octanol–water partition coefficient (Wildman–Crippen LogP) is 2.72. The van der Waals surface area contributed by atoms with Gasteiger partial charge < -0.3 is 5.73 Å². The van der Waals surface area contributed by atoms with E-state index in [1.807, 2.05) is 0 Å². The minimum absolute atomic E-state index is 0.0562. The molecular weight excluding hydrogens is 294 g/mol. The molecule has 2 aromatic rings. The van der Waals surface area contributed by atoms with Crippen molar-refractivity contribution in [2.24, 2.45) is 5.73 Å². The van der Waals surface area contributed by atoms with Gasteiger partial charge in [-0.2, -0.15) is 18.3 Å². The van der Waals surface area contributed by atoms with Crippen LogP contribution < -0.4 is 5.73 Å². The minimum Gasteiger partial charge on any atom is -0.389 e. The second-order valence-corrected chi connectivity index (χ2v) is 4.54. The van der Waals surface area contributed by atoms with E-state index in [0.29, 0.717) is 5.56 Å². The fourth-order valence-corrected chi connectivity index (χ4v) is 1.80. The molecule has 0 spiro atoms. The fourth-order valence-electron chi connectivity index (χ4n) is 1.64. The highest BCUT2D eigenvalue weighted by Crippen LogP contribution is 2.28. The van der Waals surface area contributed by atoms with Crippen LogP contribution in [-0.4, -0.2) is 14.8 Å². The van der Waals surface area contributed by atoms with Crippen LogP contribution in [0.25, 0.3) is 0 Å². The molecule has 20 heavy (non-hydrogen) atoms. The molecule has 1 aromatic heterocycles. The van der Waals surface area contributed by atoms with Crippen molar-refractivity contribution in [3.63, 3.8) is 0 Å². The van der Waals surface area contributed by atoms with Gasteiger partial charge >= 0.3 is 6.18 Å². The molecular formula is C12H9F4N3S. The Kier molecular flexibility index (Phi) is 3.76. The van der Waals surface area contributed by atoms with Crippen molar-refractivity contribution in [3.05, 3.63) is 53.1 Å². The van der Waals surface area contributed by atoms with Gasteiger partial charge in [-0.1, -0.05) is 18.3 Å². The molecule has 3 nitrogen and oxygen atoms in total. The van der Waals surface area contributed by atoms with E-state index >= 15 is 0 Å². The normalized spacial score (nSPS) is 11.6. The lowest BCUT2D eigenvalue weighted by molar-refractivity contribution is -0.137. The minimum atomic E-state index is -4.44. The maximum Gasteiger partial charge on any atom is 0.419 e. The van der Waals surface area contributed by atoms with Crippen molar-refractivity contribution in [3.8, 4) is 0 Å². The molecule has 0 radical (unpaired) electrons. The SMILES string of the molecule is NC(=S)c1cc(Cn2cc(C(F)(F)F)cn2)ccc1F. The van der Waals surface area contributed by atoms with Crippen molar-refractivity contribution in [1.29, 1.82) is 0 Å². The number of aromatic nitrogens is 2. The van der Waals surface area contributed by atoms with Gasteiger partial charge in [0, 0.05) is 11.8 Å². The van der Waals surface area contributed by atoms with E-state index in [2.05, 4.69) is 5.10 Å². The zero-order chi connectivity index (χ0) is 14.9. The van der Waals surface area contributed by atoms with Gasteiger partial charge in [-0.25, -0.2) is 4.39 Å². The molecule has 0 bridgehead atoms. The molecule has 1 aromatic carbocycles. The van der Waals surface area contributed by atoms with Gasteiger partial charge in [0.1, 0.15) is 10.8 Å². The number of hydrogen-bond acceptors (Lipinski definition) is 2. The smallest absolute Gasteiger partial charge is 0.389 e. The predicted molar refractivity (Wildman–Crippen MR) is 68.6 cm³/mol. The molecule has 0 saturated carbocycles. The molecule has 2 rings (SSSR count). The molecule has 0 aliphatic heterocycles. The third-order valence-corrected chi connectivity index (χ3v) is 2.82. The first-order chi connectivity index (χ1) is 9.27. The number of nitrogens with two attached hydrogens (primary N) is 1. The third kappa shape index (κ3) is 3.13. The Hall–Kier alpha value is -1.96. The molecule has 106 valence electrons. The van der Waals surface area contributed by atoms with Gasteiger partial charge in [-0.05, 0) is 17.7 Å². The van der Waals surface area contributed by atoms with E-state index in [1.54, 1.807) is 0 Å². The van der Waals surface area contributed by atoms with Crippen molar-refractivity contribution in [2.45, 2.75) is 12.7 Å². The van der Waals surface area contributed by atoms with Crippen LogP contribution in [0.5, 0.6) is 0 Å². The number of halogens is 4. The van der Waals surface area contributed by atoms with Crippen LogP contribution in [0.15, 0.2) is 30.6 Å². The van der Waals surface area contributed by atoms with Crippen LogP contribution in [-0.2, 0) is 12.7 Å². The first-order valence-electron chi connectivity index (χ1n) is 5.45. The Labute approximate surface area is 117 Å². The number of benzene rings is 1. The molecule has 0 fully saturated rings. The second-order valence-electron chi connectivity index (χ2n) is 4.10. The van der Waals surface area contributed by atoms with Gasteiger partial charge in [0.25, 0.3) is 0 Å². The number of rotatable bonds is 3.